The lowest BCUT2D eigenvalue weighted by Gasteiger charge is -2.24. The smallest absolute Gasteiger partial charge is 0.310 e. The molecule has 0 saturated heterocycles. The van der Waals surface area contributed by atoms with E-state index in [1.165, 1.54) is 24.3 Å². The van der Waals surface area contributed by atoms with Crippen LogP contribution in [0.4, 0.5) is 0 Å². The topological polar surface area (TPSA) is 131 Å². The van der Waals surface area contributed by atoms with Gasteiger partial charge in [0.25, 0.3) is 17.0 Å². The van der Waals surface area contributed by atoms with E-state index in [4.69, 9.17) is 0 Å². The molecule has 10 nitrogen and oxygen atoms in total. The lowest BCUT2D eigenvalue weighted by molar-refractivity contribution is -0.772. The molecule has 11 heteroatoms. The predicted octanol–water partition coefficient (Wildman–Crippen LogP) is 2.02. The van der Waals surface area contributed by atoms with Crippen LogP contribution in [0, 0.1) is 20.2 Å². The van der Waals surface area contributed by atoms with Gasteiger partial charge in [0.05, 0.1) is 0 Å². The van der Waals surface area contributed by atoms with Gasteiger partial charge in [0.15, 0.2) is 0 Å². The number of hydrogen-bond acceptors (Lipinski definition) is 8. The Morgan fingerprint density at radius 2 is 1.62 bits per heavy atom. The summed E-state index contributed by atoms with van der Waals surface area (Å²) in [4.78, 5) is 25.3. The van der Waals surface area contributed by atoms with Crippen LogP contribution in [0.2, 0.25) is 0 Å². The maximum atomic E-state index is 12.3. The normalized spacial score (nSPS) is 14.2. The van der Waals surface area contributed by atoms with Crippen molar-refractivity contribution < 1.29 is 28.5 Å². The number of nitro groups is 1. The molecular formula is C10H13N2O8P. The van der Waals surface area contributed by atoms with Crippen LogP contribution in [-0.4, -0.2) is 30.1 Å². The fraction of sp³-hybridized carbons (Fsp3) is 0.400. The number of benzene rings is 1. The zero-order chi connectivity index (χ0) is 16.0. The summed E-state index contributed by atoms with van der Waals surface area (Å²) in [6.45, 7) is 0. The quantitative estimate of drug-likeness (QED) is 0.404. The van der Waals surface area contributed by atoms with Gasteiger partial charge < -0.3 is 9.05 Å². The van der Waals surface area contributed by atoms with Gasteiger partial charge >= 0.3 is 7.60 Å². The third-order valence-electron chi connectivity index (χ3n) is 2.65. The molecule has 0 saturated carbocycles. The minimum absolute atomic E-state index is 0.0728. The molecule has 0 fully saturated rings. The van der Waals surface area contributed by atoms with E-state index in [0.717, 1.165) is 14.2 Å². The molecule has 1 aromatic carbocycles. The van der Waals surface area contributed by atoms with E-state index in [9.17, 15) is 24.8 Å². The van der Waals surface area contributed by atoms with E-state index in [-0.39, 0.29) is 5.56 Å². The summed E-state index contributed by atoms with van der Waals surface area (Å²) in [7, 11) is -2.30. The third kappa shape index (κ3) is 3.97. The average molecular weight is 320 g/mol. The van der Waals surface area contributed by atoms with Gasteiger partial charge in [0, 0.05) is 24.7 Å². The molecule has 0 aliphatic heterocycles. The van der Waals surface area contributed by atoms with E-state index >= 15 is 0 Å². The Morgan fingerprint density at radius 3 is 2.00 bits per heavy atom. The Kier molecular flexibility index (Phi) is 5.77. The SMILES string of the molecule is COP(=O)(OC)C(O[N+](=O)[O-])C(c1ccccc1)[N+](=O)[O-]. The average Bonchev–Trinajstić information content (AvgIpc) is 2.46. The first kappa shape index (κ1) is 17.0. The molecular weight excluding hydrogens is 307 g/mol. The van der Waals surface area contributed by atoms with Gasteiger partial charge in [0.2, 0.25) is 0 Å². The summed E-state index contributed by atoms with van der Waals surface area (Å²) in [6, 6.07) is 5.54. The van der Waals surface area contributed by atoms with Crippen LogP contribution in [0.15, 0.2) is 30.3 Å². The van der Waals surface area contributed by atoms with Gasteiger partial charge in [-0.05, 0) is 0 Å². The maximum absolute atomic E-state index is 12.3. The summed E-state index contributed by atoms with van der Waals surface area (Å²) >= 11 is 0. The first-order valence-corrected chi connectivity index (χ1v) is 7.17. The standard InChI is InChI=1S/C10H13N2O8P/c1-18-21(17,19-2)10(20-12(15)16)9(11(13)14)8-6-4-3-5-7-8/h3-7,9-10H,1-2H3. The second kappa shape index (κ2) is 7.11. The van der Waals surface area contributed by atoms with Crippen molar-refractivity contribution in [2.75, 3.05) is 14.2 Å². The van der Waals surface area contributed by atoms with E-state index in [1.807, 2.05) is 0 Å². The first-order valence-electron chi connectivity index (χ1n) is 5.56. The van der Waals surface area contributed by atoms with Crippen molar-refractivity contribution in [3.05, 3.63) is 56.1 Å². The van der Waals surface area contributed by atoms with E-state index in [2.05, 4.69) is 13.9 Å². The van der Waals surface area contributed by atoms with Gasteiger partial charge in [-0.1, -0.05) is 30.3 Å². The summed E-state index contributed by atoms with van der Waals surface area (Å²) in [5.41, 5.74) is 0.0728. The summed E-state index contributed by atoms with van der Waals surface area (Å²) in [5.74, 6) is -2.03. The molecule has 1 rings (SSSR count). The molecule has 21 heavy (non-hydrogen) atoms. The zero-order valence-electron chi connectivity index (χ0n) is 11.1. The van der Waals surface area contributed by atoms with Crippen molar-refractivity contribution in [1.82, 2.24) is 0 Å². The third-order valence-corrected chi connectivity index (χ3v) is 4.67. The second-order valence-corrected chi connectivity index (χ2v) is 6.08. The number of hydrogen-bond donors (Lipinski definition) is 0. The monoisotopic (exact) mass is 320 g/mol. The lowest BCUT2D eigenvalue weighted by Crippen LogP contribution is -2.31. The molecule has 0 N–H and O–H groups in total. The van der Waals surface area contributed by atoms with Crippen molar-refractivity contribution in [1.29, 1.82) is 0 Å². The summed E-state index contributed by atoms with van der Waals surface area (Å²) in [5, 5.41) is 20.6. The van der Waals surface area contributed by atoms with E-state index in [0.29, 0.717) is 0 Å². The van der Waals surface area contributed by atoms with Crippen molar-refractivity contribution >= 4 is 7.60 Å². The Morgan fingerprint density at radius 1 is 1.10 bits per heavy atom. The van der Waals surface area contributed by atoms with E-state index in [1.54, 1.807) is 6.07 Å². The van der Waals surface area contributed by atoms with Crippen molar-refractivity contribution in [3.63, 3.8) is 0 Å². The van der Waals surface area contributed by atoms with Gasteiger partial charge in [-0.3, -0.25) is 19.5 Å². The summed E-state index contributed by atoms with van der Waals surface area (Å²) in [6.07, 6.45) is 0. The largest absolute Gasteiger partial charge is 0.366 e. The Hall–Kier alpha value is -2.03. The molecule has 0 spiro atoms. The Balaban J connectivity index is 3.35. The molecule has 0 aliphatic rings. The van der Waals surface area contributed by atoms with Crippen LogP contribution < -0.4 is 0 Å². The van der Waals surface area contributed by atoms with Gasteiger partial charge in [-0.25, -0.2) is 0 Å². The fourth-order valence-electron chi connectivity index (χ4n) is 1.70. The van der Waals surface area contributed by atoms with Crippen molar-refractivity contribution in [2.24, 2.45) is 0 Å². The van der Waals surface area contributed by atoms with Crippen LogP contribution in [0.1, 0.15) is 11.6 Å². The minimum atomic E-state index is -4.23. The molecule has 0 aliphatic carbocycles. The molecule has 2 atom stereocenters. The van der Waals surface area contributed by atoms with Crippen LogP contribution in [0.5, 0.6) is 0 Å². The molecule has 0 bridgehead atoms. The van der Waals surface area contributed by atoms with Crippen molar-refractivity contribution in [2.45, 2.75) is 11.9 Å². The predicted molar refractivity (Wildman–Crippen MR) is 69.7 cm³/mol. The highest BCUT2D eigenvalue weighted by molar-refractivity contribution is 7.54. The lowest BCUT2D eigenvalue weighted by atomic mass is 10.1. The highest BCUT2D eigenvalue weighted by Crippen LogP contribution is 2.56. The Labute approximate surface area is 119 Å². The second-order valence-electron chi connectivity index (χ2n) is 3.77. The van der Waals surface area contributed by atoms with Crippen molar-refractivity contribution in [3.8, 4) is 0 Å². The van der Waals surface area contributed by atoms with Crippen LogP contribution in [0.3, 0.4) is 0 Å². The van der Waals surface area contributed by atoms with Crippen LogP contribution in [0.25, 0.3) is 0 Å². The molecule has 0 radical (unpaired) electrons. The van der Waals surface area contributed by atoms with Gasteiger partial charge in [-0.2, -0.15) is 0 Å². The highest BCUT2D eigenvalue weighted by atomic mass is 31.2. The van der Waals surface area contributed by atoms with Crippen LogP contribution >= 0.6 is 7.60 Å². The Bertz CT molecular complexity index is 543. The van der Waals surface area contributed by atoms with Gasteiger partial charge in [-0.15, -0.1) is 10.1 Å². The molecule has 0 heterocycles. The molecule has 2 unspecified atom stereocenters. The molecule has 116 valence electrons. The minimum Gasteiger partial charge on any atom is -0.310 e. The molecule has 0 aromatic heterocycles. The summed E-state index contributed by atoms with van der Waals surface area (Å²) < 4.78 is 21.5. The maximum Gasteiger partial charge on any atom is 0.366 e. The fourth-order valence-corrected chi connectivity index (χ4v) is 3.08. The van der Waals surface area contributed by atoms with Gasteiger partial charge in [0.1, 0.15) is 0 Å². The van der Waals surface area contributed by atoms with E-state index < -0.39 is 29.5 Å². The molecule has 0 amide bonds. The number of rotatable bonds is 8. The zero-order valence-corrected chi connectivity index (χ0v) is 12.0. The highest BCUT2D eigenvalue weighted by Gasteiger charge is 2.50. The molecule has 1 aromatic rings. The first-order chi connectivity index (χ1) is 9.85. The van der Waals surface area contributed by atoms with Crippen LogP contribution in [-0.2, 0) is 18.5 Å². The number of nitrogens with zero attached hydrogens (tertiary/aromatic N) is 2.